The number of anilines is 1. The van der Waals surface area contributed by atoms with Gasteiger partial charge in [0.1, 0.15) is 12.1 Å². The van der Waals surface area contributed by atoms with Crippen LogP contribution < -0.4 is 10.6 Å². The smallest absolute Gasteiger partial charge is 0.357 e. The van der Waals surface area contributed by atoms with Gasteiger partial charge in [0.05, 0.1) is 7.11 Å². The van der Waals surface area contributed by atoms with E-state index in [2.05, 4.69) is 20.4 Å². The van der Waals surface area contributed by atoms with Gasteiger partial charge >= 0.3 is 12.0 Å². The molecule has 2 N–H and O–H groups in total. The minimum absolute atomic E-state index is 0.0555. The number of aromatic nitrogens is 1. The summed E-state index contributed by atoms with van der Waals surface area (Å²) in [6.07, 6.45) is 0.122. The fourth-order valence-corrected chi connectivity index (χ4v) is 4.68. The Bertz CT molecular complexity index is 1150. The average molecular weight is 471 g/mol. The van der Waals surface area contributed by atoms with E-state index in [1.807, 2.05) is 35.7 Å². The van der Waals surface area contributed by atoms with Crippen LogP contribution in [-0.2, 0) is 20.7 Å². The van der Waals surface area contributed by atoms with Gasteiger partial charge in [-0.3, -0.25) is 9.59 Å². The minimum Gasteiger partial charge on any atom is -0.464 e. The van der Waals surface area contributed by atoms with Crippen molar-refractivity contribution in [2.24, 2.45) is 0 Å². The normalized spacial score (nSPS) is 16.5. The molecule has 0 spiro atoms. The second-order valence-corrected chi connectivity index (χ2v) is 8.51. The number of thiophene rings is 1. The molecular weight excluding hydrogens is 452 g/mol. The summed E-state index contributed by atoms with van der Waals surface area (Å²) in [6, 6.07) is 8.25. The van der Waals surface area contributed by atoms with Crippen LogP contribution in [0.15, 0.2) is 52.5 Å². The van der Waals surface area contributed by atoms with Crippen molar-refractivity contribution < 1.29 is 23.9 Å². The van der Waals surface area contributed by atoms with Crippen molar-refractivity contribution in [1.29, 1.82) is 0 Å². The van der Waals surface area contributed by atoms with Crippen LogP contribution in [0.3, 0.4) is 0 Å². The number of hydrogen-bond donors (Lipinski definition) is 2. The van der Waals surface area contributed by atoms with Crippen molar-refractivity contribution in [2.75, 3.05) is 12.4 Å². The lowest BCUT2D eigenvalue weighted by atomic mass is 10.0. The Kier molecular flexibility index (Phi) is 6.28. The van der Waals surface area contributed by atoms with Gasteiger partial charge in [-0.1, -0.05) is 30.3 Å². The molecule has 11 heteroatoms. The zero-order valence-corrected chi connectivity index (χ0v) is 18.4. The third kappa shape index (κ3) is 4.39. The average Bonchev–Trinajstić information content (AvgIpc) is 3.54. The van der Waals surface area contributed by atoms with Crippen molar-refractivity contribution in [3.8, 4) is 0 Å². The molecule has 1 saturated heterocycles. The number of urea groups is 1. The van der Waals surface area contributed by atoms with E-state index in [1.165, 1.54) is 23.8 Å². The lowest BCUT2D eigenvalue weighted by molar-refractivity contribution is -0.134. The van der Waals surface area contributed by atoms with Crippen molar-refractivity contribution in [3.63, 3.8) is 0 Å². The van der Waals surface area contributed by atoms with Gasteiger partial charge in [-0.25, -0.2) is 19.5 Å². The van der Waals surface area contributed by atoms with Gasteiger partial charge in [0.15, 0.2) is 10.8 Å². The monoisotopic (exact) mass is 470 g/mol. The molecule has 0 saturated carbocycles. The molecule has 1 aliphatic rings. The van der Waals surface area contributed by atoms with Crippen LogP contribution in [0, 0.1) is 0 Å². The number of thiazole rings is 1. The third-order valence-corrected chi connectivity index (χ3v) is 6.32. The molecule has 1 unspecified atom stereocenters. The maximum Gasteiger partial charge on any atom is 0.357 e. The first-order valence-corrected chi connectivity index (χ1v) is 11.3. The summed E-state index contributed by atoms with van der Waals surface area (Å²) >= 11 is 2.45. The van der Waals surface area contributed by atoms with Gasteiger partial charge < -0.3 is 15.4 Å². The zero-order valence-electron chi connectivity index (χ0n) is 16.8. The number of rotatable bonds is 7. The summed E-state index contributed by atoms with van der Waals surface area (Å²) in [5.74, 6) is -1.72. The fraction of sp³-hybridized carbons (Fsp3) is 0.190. The van der Waals surface area contributed by atoms with E-state index in [1.54, 1.807) is 11.4 Å². The van der Waals surface area contributed by atoms with Crippen molar-refractivity contribution >= 4 is 51.6 Å². The van der Waals surface area contributed by atoms with E-state index in [0.717, 1.165) is 21.8 Å². The fourth-order valence-electron chi connectivity index (χ4n) is 3.31. The highest BCUT2D eigenvalue weighted by Gasteiger charge is 2.45. The lowest BCUT2D eigenvalue weighted by Crippen LogP contribution is -2.49. The first-order valence-electron chi connectivity index (χ1n) is 9.52. The van der Waals surface area contributed by atoms with E-state index in [4.69, 9.17) is 0 Å². The van der Waals surface area contributed by atoms with E-state index in [0.29, 0.717) is 5.56 Å². The predicted molar refractivity (Wildman–Crippen MR) is 118 cm³/mol. The number of nitrogens with zero attached hydrogens (tertiary/aromatic N) is 2. The number of hydrogen-bond acceptors (Lipinski definition) is 8. The molecule has 9 nitrogen and oxygen atoms in total. The molecule has 1 aromatic carbocycles. The first-order chi connectivity index (χ1) is 15.5. The van der Waals surface area contributed by atoms with E-state index in [-0.39, 0.29) is 17.2 Å². The molecule has 0 aliphatic carbocycles. The molecule has 2 aromatic heterocycles. The Morgan fingerprint density at radius 1 is 1.22 bits per heavy atom. The van der Waals surface area contributed by atoms with Crippen LogP contribution in [0.4, 0.5) is 9.93 Å². The molecule has 0 radical (unpaired) electrons. The predicted octanol–water partition coefficient (Wildman–Crippen LogP) is 2.83. The third-order valence-electron chi connectivity index (χ3n) is 4.86. The Balaban J connectivity index is 1.60. The highest BCUT2D eigenvalue weighted by molar-refractivity contribution is 7.14. The summed E-state index contributed by atoms with van der Waals surface area (Å²) in [4.78, 5) is 55.7. The molecule has 0 bridgehead atoms. The van der Waals surface area contributed by atoms with E-state index in [9.17, 15) is 19.2 Å². The molecular formula is C21H18N4O5S2. The molecule has 1 fully saturated rings. The standard InChI is InChI=1S/C21H18N4O5S2/c1-30-19(28)14-11-32-20(22-14)24-17(26)15(9-12-5-3-2-4-6-12)25-18(27)16(23-21(25)29)13-7-8-31-10-13/h2-8,10-11,15-16H,9H2,1H3,(H,23,29)(H,22,24,26)/t15?,16-/m0/s1. The number of carbonyl (C=O) groups is 4. The maximum absolute atomic E-state index is 13.2. The largest absolute Gasteiger partial charge is 0.464 e. The molecule has 2 atom stereocenters. The Labute approximate surface area is 191 Å². The Hall–Kier alpha value is -3.57. The summed E-state index contributed by atoms with van der Waals surface area (Å²) < 4.78 is 4.63. The van der Waals surface area contributed by atoms with Crippen molar-refractivity contribution in [2.45, 2.75) is 18.5 Å². The number of amides is 4. The van der Waals surface area contributed by atoms with Crippen LogP contribution in [0.25, 0.3) is 0 Å². The van der Waals surface area contributed by atoms with Crippen molar-refractivity contribution in [1.82, 2.24) is 15.2 Å². The lowest BCUT2D eigenvalue weighted by Gasteiger charge is -2.24. The number of nitrogens with one attached hydrogen (secondary N) is 2. The Morgan fingerprint density at radius 3 is 2.69 bits per heavy atom. The molecule has 3 aromatic rings. The second kappa shape index (κ2) is 9.28. The summed E-state index contributed by atoms with van der Waals surface area (Å²) in [6.45, 7) is 0. The second-order valence-electron chi connectivity index (χ2n) is 6.87. The quantitative estimate of drug-likeness (QED) is 0.405. The van der Waals surface area contributed by atoms with Gasteiger partial charge in [0.25, 0.3) is 5.91 Å². The molecule has 4 rings (SSSR count). The number of esters is 1. The van der Waals surface area contributed by atoms with E-state index < -0.39 is 35.9 Å². The molecule has 1 aliphatic heterocycles. The highest BCUT2D eigenvalue weighted by atomic mass is 32.1. The number of methoxy groups -OCH3 is 1. The number of carbonyl (C=O) groups excluding carboxylic acids is 4. The minimum atomic E-state index is -1.11. The summed E-state index contributed by atoms with van der Waals surface area (Å²) in [5.41, 5.74) is 1.50. The van der Waals surface area contributed by atoms with Crippen LogP contribution in [0.2, 0.25) is 0 Å². The maximum atomic E-state index is 13.2. The van der Waals surface area contributed by atoms with Crippen molar-refractivity contribution in [3.05, 3.63) is 69.4 Å². The number of ether oxygens (including phenoxy) is 1. The summed E-state index contributed by atoms with van der Waals surface area (Å²) in [7, 11) is 1.23. The summed E-state index contributed by atoms with van der Waals surface area (Å²) in [5, 5.41) is 10.5. The van der Waals surface area contributed by atoms with Gasteiger partial charge in [0, 0.05) is 11.8 Å². The van der Waals surface area contributed by atoms with Gasteiger partial charge in [0.2, 0.25) is 5.91 Å². The van der Waals surface area contributed by atoms with Crippen LogP contribution >= 0.6 is 22.7 Å². The zero-order chi connectivity index (χ0) is 22.7. The number of benzene rings is 1. The van der Waals surface area contributed by atoms with Crippen LogP contribution in [0.5, 0.6) is 0 Å². The van der Waals surface area contributed by atoms with Crippen LogP contribution in [0.1, 0.15) is 27.7 Å². The SMILES string of the molecule is COC(=O)c1csc(NC(=O)C(Cc2ccccc2)N2C(=O)N[C@@H](c3ccsc3)C2=O)n1. The molecule has 32 heavy (non-hydrogen) atoms. The molecule has 4 amide bonds. The van der Waals surface area contributed by atoms with E-state index >= 15 is 0 Å². The molecule has 164 valence electrons. The highest BCUT2D eigenvalue weighted by Crippen LogP contribution is 2.27. The Morgan fingerprint density at radius 2 is 2.00 bits per heavy atom. The topological polar surface area (TPSA) is 118 Å². The van der Waals surface area contributed by atoms with Gasteiger partial charge in [-0.2, -0.15) is 11.3 Å². The molecule has 3 heterocycles. The first kappa shape index (κ1) is 21.7. The van der Waals surface area contributed by atoms with Crippen LogP contribution in [-0.4, -0.2) is 46.9 Å². The van der Waals surface area contributed by atoms with Gasteiger partial charge in [-0.15, -0.1) is 11.3 Å². The number of imide groups is 1. The van der Waals surface area contributed by atoms with Gasteiger partial charge in [-0.05, 0) is 28.0 Å².